The van der Waals surface area contributed by atoms with Gasteiger partial charge in [-0.15, -0.1) is 11.6 Å². The third-order valence-electron chi connectivity index (χ3n) is 2.16. The van der Waals surface area contributed by atoms with Gasteiger partial charge in [0.2, 0.25) is 5.91 Å². The van der Waals surface area contributed by atoms with Gasteiger partial charge in [0.15, 0.2) is 0 Å². The van der Waals surface area contributed by atoms with E-state index in [1.165, 1.54) is 0 Å². The lowest BCUT2D eigenvalue weighted by molar-refractivity contribution is -0.113. The highest BCUT2D eigenvalue weighted by Crippen LogP contribution is 2.28. The van der Waals surface area contributed by atoms with Crippen LogP contribution < -0.4 is 10.6 Å². The molecule has 1 aromatic carbocycles. The maximum absolute atomic E-state index is 11.2. The quantitative estimate of drug-likeness (QED) is 0.776. The smallest absolute Gasteiger partial charge is 0.411 e. The molecule has 1 aliphatic rings. The van der Waals surface area contributed by atoms with Crippen LogP contribution in [-0.2, 0) is 16.1 Å². The van der Waals surface area contributed by atoms with Crippen LogP contribution in [0.4, 0.5) is 16.2 Å². The first-order chi connectivity index (χ1) is 7.70. The first-order valence-corrected chi connectivity index (χ1v) is 5.15. The lowest BCUT2D eigenvalue weighted by Gasteiger charge is -2.20. The van der Waals surface area contributed by atoms with Crippen molar-refractivity contribution in [2.75, 3.05) is 16.5 Å². The number of benzene rings is 1. The number of nitrogens with one attached hydrogen (secondary N) is 2. The van der Waals surface area contributed by atoms with Crippen LogP contribution in [0.25, 0.3) is 0 Å². The average molecular weight is 241 g/mol. The molecule has 0 fully saturated rings. The highest BCUT2D eigenvalue weighted by Gasteiger charge is 2.18. The summed E-state index contributed by atoms with van der Waals surface area (Å²) in [6, 6.07) is 5.20. The van der Waals surface area contributed by atoms with Crippen LogP contribution in [0.1, 0.15) is 5.56 Å². The normalized spacial score (nSPS) is 13.4. The fourth-order valence-corrected chi connectivity index (χ4v) is 1.51. The molecule has 0 saturated heterocycles. The first kappa shape index (κ1) is 10.8. The molecule has 6 heteroatoms. The second-order valence-corrected chi connectivity index (χ2v) is 3.48. The van der Waals surface area contributed by atoms with E-state index in [1.54, 1.807) is 18.2 Å². The highest BCUT2D eigenvalue weighted by atomic mass is 35.5. The molecule has 0 saturated carbocycles. The number of ether oxygens (including phenoxy) is 1. The number of halogens is 1. The SMILES string of the molecule is O=C(CCl)Nc1cccc2c1COC(=O)N2. The molecule has 1 aliphatic heterocycles. The number of anilines is 2. The molecule has 2 rings (SSSR count). The van der Waals surface area contributed by atoms with Crippen LogP contribution in [0.2, 0.25) is 0 Å². The maximum atomic E-state index is 11.2. The number of fused-ring (bicyclic) bond motifs is 1. The van der Waals surface area contributed by atoms with Gasteiger partial charge in [0.1, 0.15) is 12.5 Å². The Bertz CT molecular complexity index is 448. The van der Waals surface area contributed by atoms with Crippen LogP contribution in [0.15, 0.2) is 18.2 Å². The van der Waals surface area contributed by atoms with Gasteiger partial charge in [0.05, 0.1) is 5.69 Å². The van der Waals surface area contributed by atoms with Crippen molar-refractivity contribution < 1.29 is 14.3 Å². The van der Waals surface area contributed by atoms with Crippen LogP contribution in [0.5, 0.6) is 0 Å². The molecular formula is C10H9ClN2O3. The predicted octanol–water partition coefficient (Wildman–Crippen LogP) is 1.93. The van der Waals surface area contributed by atoms with Crippen LogP contribution in [0.3, 0.4) is 0 Å². The van der Waals surface area contributed by atoms with Crippen molar-refractivity contribution in [1.29, 1.82) is 0 Å². The van der Waals surface area contributed by atoms with Gasteiger partial charge in [0, 0.05) is 11.3 Å². The number of alkyl halides is 1. The van der Waals surface area contributed by atoms with Crippen molar-refractivity contribution >= 4 is 35.0 Å². The molecule has 1 aromatic rings. The Kier molecular flexibility index (Phi) is 2.96. The van der Waals surface area contributed by atoms with Crippen molar-refractivity contribution in [3.05, 3.63) is 23.8 Å². The van der Waals surface area contributed by atoms with E-state index >= 15 is 0 Å². The standard InChI is InChI=1S/C10H9ClN2O3/c11-4-9(14)12-7-2-1-3-8-6(7)5-16-10(15)13-8/h1-3H,4-5H2,(H,12,14)(H,13,15). The fraction of sp³-hybridized carbons (Fsp3) is 0.200. The van der Waals surface area contributed by atoms with E-state index in [0.29, 0.717) is 11.4 Å². The molecule has 0 spiro atoms. The second kappa shape index (κ2) is 4.40. The third kappa shape index (κ3) is 2.09. The van der Waals surface area contributed by atoms with E-state index in [2.05, 4.69) is 10.6 Å². The Hall–Kier alpha value is -1.75. The number of hydrogen-bond acceptors (Lipinski definition) is 3. The summed E-state index contributed by atoms with van der Waals surface area (Å²) in [4.78, 5) is 22.1. The summed E-state index contributed by atoms with van der Waals surface area (Å²) < 4.78 is 4.83. The summed E-state index contributed by atoms with van der Waals surface area (Å²) in [7, 11) is 0. The molecule has 0 unspecified atom stereocenters. The topological polar surface area (TPSA) is 67.4 Å². The maximum Gasteiger partial charge on any atom is 0.411 e. The molecule has 5 nitrogen and oxygen atoms in total. The van der Waals surface area contributed by atoms with Gasteiger partial charge in [-0.2, -0.15) is 0 Å². The number of amides is 2. The van der Waals surface area contributed by atoms with Crippen LogP contribution >= 0.6 is 11.6 Å². The summed E-state index contributed by atoms with van der Waals surface area (Å²) in [6.45, 7) is 0.139. The molecule has 0 atom stereocenters. The molecule has 2 amide bonds. The second-order valence-electron chi connectivity index (χ2n) is 3.21. The molecule has 84 valence electrons. The summed E-state index contributed by atoms with van der Waals surface area (Å²) in [5.41, 5.74) is 1.98. The van der Waals surface area contributed by atoms with E-state index in [4.69, 9.17) is 16.3 Å². The molecule has 0 aliphatic carbocycles. The molecule has 2 N–H and O–H groups in total. The van der Waals surface area contributed by atoms with Gasteiger partial charge in [-0.3, -0.25) is 10.1 Å². The minimum Gasteiger partial charge on any atom is -0.444 e. The van der Waals surface area contributed by atoms with E-state index in [1.807, 2.05) is 0 Å². The largest absolute Gasteiger partial charge is 0.444 e. The molecule has 0 radical (unpaired) electrons. The van der Waals surface area contributed by atoms with Crippen molar-refractivity contribution in [2.45, 2.75) is 6.61 Å². The summed E-state index contributed by atoms with van der Waals surface area (Å²) in [5, 5.41) is 5.18. The summed E-state index contributed by atoms with van der Waals surface area (Å²) >= 11 is 5.40. The van der Waals surface area contributed by atoms with Gasteiger partial charge < -0.3 is 10.1 Å². The van der Waals surface area contributed by atoms with Gasteiger partial charge in [-0.05, 0) is 12.1 Å². The van der Waals surface area contributed by atoms with Gasteiger partial charge >= 0.3 is 6.09 Å². The zero-order chi connectivity index (χ0) is 11.5. The van der Waals surface area contributed by atoms with Gasteiger partial charge in [0.25, 0.3) is 0 Å². The molecule has 1 heterocycles. The predicted molar refractivity (Wildman–Crippen MR) is 59.6 cm³/mol. The van der Waals surface area contributed by atoms with E-state index in [9.17, 15) is 9.59 Å². The number of rotatable bonds is 2. The fourth-order valence-electron chi connectivity index (χ4n) is 1.44. The highest BCUT2D eigenvalue weighted by molar-refractivity contribution is 6.29. The van der Waals surface area contributed by atoms with Gasteiger partial charge in [-0.25, -0.2) is 4.79 Å². The van der Waals surface area contributed by atoms with E-state index in [-0.39, 0.29) is 18.4 Å². The number of cyclic esters (lactones) is 1. The van der Waals surface area contributed by atoms with Crippen molar-refractivity contribution in [3.8, 4) is 0 Å². The first-order valence-electron chi connectivity index (χ1n) is 4.62. The van der Waals surface area contributed by atoms with Gasteiger partial charge in [-0.1, -0.05) is 6.07 Å². The zero-order valence-corrected chi connectivity index (χ0v) is 9.00. The molecule has 16 heavy (non-hydrogen) atoms. The Morgan fingerprint density at radius 1 is 1.56 bits per heavy atom. The van der Waals surface area contributed by atoms with Crippen LogP contribution in [-0.4, -0.2) is 17.9 Å². The summed E-state index contributed by atoms with van der Waals surface area (Å²) in [5.74, 6) is -0.413. The lowest BCUT2D eigenvalue weighted by atomic mass is 10.1. The number of hydrogen-bond donors (Lipinski definition) is 2. The van der Waals surface area contributed by atoms with E-state index in [0.717, 1.165) is 5.56 Å². The minimum atomic E-state index is -0.492. The lowest BCUT2D eigenvalue weighted by Crippen LogP contribution is -2.22. The Morgan fingerprint density at radius 2 is 2.38 bits per heavy atom. The Labute approximate surface area is 96.7 Å². The zero-order valence-electron chi connectivity index (χ0n) is 8.25. The van der Waals surface area contributed by atoms with Crippen molar-refractivity contribution in [3.63, 3.8) is 0 Å². The third-order valence-corrected chi connectivity index (χ3v) is 2.40. The summed E-state index contributed by atoms with van der Waals surface area (Å²) in [6.07, 6.45) is -0.492. The average Bonchev–Trinajstić information content (AvgIpc) is 2.28. The molecular weight excluding hydrogens is 232 g/mol. The minimum absolute atomic E-state index is 0.114. The monoisotopic (exact) mass is 240 g/mol. The molecule has 0 aromatic heterocycles. The van der Waals surface area contributed by atoms with Crippen molar-refractivity contribution in [2.24, 2.45) is 0 Å². The molecule has 0 bridgehead atoms. The van der Waals surface area contributed by atoms with Crippen molar-refractivity contribution in [1.82, 2.24) is 0 Å². The van der Waals surface area contributed by atoms with E-state index < -0.39 is 6.09 Å². The number of carbonyl (C=O) groups is 2. The Balaban J connectivity index is 2.30. The van der Waals surface area contributed by atoms with Crippen LogP contribution in [0, 0.1) is 0 Å². The Morgan fingerprint density at radius 3 is 3.12 bits per heavy atom. The number of carbonyl (C=O) groups excluding carboxylic acids is 2.